The highest BCUT2D eigenvalue weighted by Gasteiger charge is 2.60. The molecule has 1 saturated heterocycles. The number of ether oxygens (including phenoxy) is 2. The van der Waals surface area contributed by atoms with E-state index in [9.17, 15) is 5.11 Å². The second-order valence-electron chi connectivity index (χ2n) is 10.3. The molecule has 1 aromatic rings. The van der Waals surface area contributed by atoms with Gasteiger partial charge in [0.05, 0.1) is 25.9 Å². The fraction of sp³-hybridized carbons (Fsp3) is 0.750. The molecule has 2 aliphatic carbocycles. The summed E-state index contributed by atoms with van der Waals surface area (Å²) in [5, 5.41) is 10.6. The standard InChI is InChI=1S/C24H38N2O3/c1-23(2)18-9-10-24(3,15-18)22(23)29-17-20(27)16-25-11-13-26(14-12-25)19-5-7-21(28-4)8-6-19/h5-8,18,20,22,27H,9-17H2,1-4H3/t18-,20+,22-,24-/m0/s1. The van der Waals surface area contributed by atoms with Gasteiger partial charge in [0, 0.05) is 38.4 Å². The summed E-state index contributed by atoms with van der Waals surface area (Å²) in [5.41, 5.74) is 1.77. The van der Waals surface area contributed by atoms with Gasteiger partial charge in [-0.1, -0.05) is 20.8 Å². The molecular formula is C24H38N2O3. The highest BCUT2D eigenvalue weighted by atomic mass is 16.5. The number of piperazine rings is 1. The molecule has 3 fully saturated rings. The van der Waals surface area contributed by atoms with Crippen molar-refractivity contribution in [3.63, 3.8) is 0 Å². The minimum atomic E-state index is -0.416. The molecule has 4 atom stereocenters. The van der Waals surface area contributed by atoms with Gasteiger partial charge in [0.25, 0.3) is 0 Å². The summed E-state index contributed by atoms with van der Waals surface area (Å²) in [7, 11) is 1.70. The van der Waals surface area contributed by atoms with E-state index in [2.05, 4.69) is 42.7 Å². The maximum atomic E-state index is 10.6. The van der Waals surface area contributed by atoms with E-state index >= 15 is 0 Å². The van der Waals surface area contributed by atoms with Crippen molar-refractivity contribution in [2.24, 2.45) is 16.7 Å². The maximum Gasteiger partial charge on any atom is 0.119 e. The number of aliphatic hydroxyl groups is 1. The van der Waals surface area contributed by atoms with E-state index in [0.29, 0.717) is 18.6 Å². The first-order chi connectivity index (χ1) is 13.8. The molecule has 1 aliphatic heterocycles. The summed E-state index contributed by atoms with van der Waals surface area (Å²) < 4.78 is 11.6. The van der Waals surface area contributed by atoms with Crippen molar-refractivity contribution in [3.05, 3.63) is 24.3 Å². The first-order valence-electron chi connectivity index (χ1n) is 11.2. The Hall–Kier alpha value is -1.30. The topological polar surface area (TPSA) is 45.2 Å². The molecule has 5 nitrogen and oxygen atoms in total. The van der Waals surface area contributed by atoms with E-state index in [1.54, 1.807) is 7.11 Å². The highest BCUT2D eigenvalue weighted by molar-refractivity contribution is 5.49. The van der Waals surface area contributed by atoms with Crippen molar-refractivity contribution in [3.8, 4) is 5.75 Å². The van der Waals surface area contributed by atoms with Crippen LogP contribution in [0.5, 0.6) is 5.75 Å². The Balaban J connectivity index is 1.22. The fourth-order valence-electron chi connectivity index (χ4n) is 6.21. The maximum absolute atomic E-state index is 10.6. The van der Waals surface area contributed by atoms with Gasteiger partial charge in [0.15, 0.2) is 0 Å². The fourth-order valence-corrected chi connectivity index (χ4v) is 6.21. The van der Waals surface area contributed by atoms with Crippen LogP contribution in [0.2, 0.25) is 0 Å². The van der Waals surface area contributed by atoms with Crippen LogP contribution in [0.4, 0.5) is 5.69 Å². The molecule has 0 unspecified atom stereocenters. The highest BCUT2D eigenvalue weighted by Crippen LogP contribution is 2.63. The van der Waals surface area contributed by atoms with Crippen LogP contribution < -0.4 is 9.64 Å². The van der Waals surface area contributed by atoms with Crippen LogP contribution in [0.25, 0.3) is 0 Å². The number of β-amino-alcohol motifs (C(OH)–C–C–N with tert-alkyl or cyclic N) is 1. The van der Waals surface area contributed by atoms with Crippen molar-refractivity contribution < 1.29 is 14.6 Å². The van der Waals surface area contributed by atoms with Gasteiger partial charge in [0.1, 0.15) is 5.75 Å². The van der Waals surface area contributed by atoms with Crippen LogP contribution >= 0.6 is 0 Å². The van der Waals surface area contributed by atoms with Gasteiger partial charge in [-0.05, 0) is 60.3 Å². The molecule has 4 rings (SSSR count). The molecule has 1 heterocycles. The van der Waals surface area contributed by atoms with E-state index in [-0.39, 0.29) is 11.5 Å². The van der Waals surface area contributed by atoms with Crippen LogP contribution in [0, 0.1) is 16.7 Å². The molecule has 0 aromatic heterocycles. The Morgan fingerprint density at radius 1 is 1.10 bits per heavy atom. The van der Waals surface area contributed by atoms with Gasteiger partial charge in [-0.15, -0.1) is 0 Å². The Labute approximate surface area is 176 Å². The Kier molecular flexibility index (Phi) is 5.84. The van der Waals surface area contributed by atoms with E-state index in [1.165, 1.54) is 24.9 Å². The lowest BCUT2D eigenvalue weighted by Crippen LogP contribution is -2.50. The predicted molar refractivity (Wildman–Crippen MR) is 117 cm³/mol. The van der Waals surface area contributed by atoms with Gasteiger partial charge in [-0.25, -0.2) is 0 Å². The Morgan fingerprint density at radius 3 is 2.38 bits per heavy atom. The number of rotatable bonds is 7. The van der Waals surface area contributed by atoms with Crippen molar-refractivity contribution in [2.75, 3.05) is 51.3 Å². The molecule has 0 amide bonds. The summed E-state index contributed by atoms with van der Waals surface area (Å²) in [6.07, 6.45) is 3.75. The van der Waals surface area contributed by atoms with Gasteiger partial charge in [0.2, 0.25) is 0 Å². The zero-order chi connectivity index (χ0) is 20.6. The lowest BCUT2D eigenvalue weighted by atomic mass is 9.70. The summed E-state index contributed by atoms with van der Waals surface area (Å²) in [5.74, 6) is 1.67. The molecule has 1 aromatic carbocycles. The van der Waals surface area contributed by atoms with Crippen molar-refractivity contribution in [2.45, 2.75) is 52.2 Å². The van der Waals surface area contributed by atoms with Crippen LogP contribution in [0.1, 0.15) is 40.0 Å². The number of nitrogens with zero attached hydrogens (tertiary/aromatic N) is 2. The number of methoxy groups -OCH3 is 1. The van der Waals surface area contributed by atoms with Crippen LogP contribution in [0.3, 0.4) is 0 Å². The zero-order valence-corrected chi connectivity index (χ0v) is 18.6. The molecular weight excluding hydrogens is 364 g/mol. The van der Waals surface area contributed by atoms with E-state index in [1.807, 2.05) is 12.1 Å². The quantitative estimate of drug-likeness (QED) is 0.757. The minimum Gasteiger partial charge on any atom is -0.497 e. The lowest BCUT2D eigenvalue weighted by molar-refractivity contribution is -0.113. The van der Waals surface area contributed by atoms with Crippen molar-refractivity contribution in [1.29, 1.82) is 0 Å². The molecule has 0 spiro atoms. The monoisotopic (exact) mass is 402 g/mol. The van der Waals surface area contributed by atoms with Crippen molar-refractivity contribution in [1.82, 2.24) is 4.90 Å². The number of anilines is 1. The molecule has 162 valence electrons. The second-order valence-corrected chi connectivity index (χ2v) is 10.3. The van der Waals surface area contributed by atoms with Crippen LogP contribution in [0.15, 0.2) is 24.3 Å². The van der Waals surface area contributed by atoms with E-state index < -0.39 is 6.10 Å². The third-order valence-corrected chi connectivity index (χ3v) is 7.87. The lowest BCUT2D eigenvalue weighted by Gasteiger charge is -2.43. The number of aliphatic hydroxyl groups excluding tert-OH is 1. The third kappa shape index (κ3) is 4.14. The molecule has 1 N–H and O–H groups in total. The van der Waals surface area contributed by atoms with E-state index in [0.717, 1.165) is 37.8 Å². The average Bonchev–Trinajstić information content (AvgIpc) is 3.19. The smallest absolute Gasteiger partial charge is 0.119 e. The molecule has 2 saturated carbocycles. The SMILES string of the molecule is COc1ccc(N2CCN(C[C@@H](O)CO[C@H]3C(C)(C)[C@H]4CC[C@@]3(C)C4)CC2)cc1. The second kappa shape index (κ2) is 8.09. The summed E-state index contributed by atoms with van der Waals surface area (Å²) in [4.78, 5) is 4.76. The molecule has 5 heteroatoms. The molecule has 0 radical (unpaired) electrons. The third-order valence-electron chi connectivity index (χ3n) is 7.87. The number of hydrogen-bond acceptors (Lipinski definition) is 5. The predicted octanol–water partition coefficient (Wildman–Crippen LogP) is 3.41. The van der Waals surface area contributed by atoms with Gasteiger partial charge in [-0.2, -0.15) is 0 Å². The molecule has 29 heavy (non-hydrogen) atoms. The summed E-state index contributed by atoms with van der Waals surface area (Å²) >= 11 is 0. The molecule has 3 aliphatic rings. The van der Waals surface area contributed by atoms with E-state index in [4.69, 9.17) is 9.47 Å². The summed E-state index contributed by atoms with van der Waals surface area (Å²) in [6, 6.07) is 8.27. The van der Waals surface area contributed by atoms with Gasteiger partial charge >= 0.3 is 0 Å². The average molecular weight is 403 g/mol. The molecule has 2 bridgehead atoms. The number of fused-ring (bicyclic) bond motifs is 2. The van der Waals surface area contributed by atoms with Gasteiger partial charge < -0.3 is 19.5 Å². The Morgan fingerprint density at radius 2 is 1.79 bits per heavy atom. The van der Waals surface area contributed by atoms with Crippen LogP contribution in [-0.4, -0.2) is 68.7 Å². The summed E-state index contributed by atoms with van der Waals surface area (Å²) in [6.45, 7) is 12.2. The zero-order valence-electron chi connectivity index (χ0n) is 18.6. The van der Waals surface area contributed by atoms with Gasteiger partial charge in [-0.3, -0.25) is 4.90 Å². The number of hydrogen-bond donors (Lipinski definition) is 1. The first kappa shape index (κ1) is 21.0. The normalized spacial score (nSPS) is 32.5. The first-order valence-corrected chi connectivity index (χ1v) is 11.2. The largest absolute Gasteiger partial charge is 0.497 e. The Bertz CT molecular complexity index is 679. The van der Waals surface area contributed by atoms with Crippen molar-refractivity contribution >= 4 is 5.69 Å². The van der Waals surface area contributed by atoms with Crippen LogP contribution in [-0.2, 0) is 4.74 Å². The minimum absolute atomic E-state index is 0.233. The number of benzene rings is 1.